The number of thioether (sulfide) groups is 1. The molecule has 0 aliphatic carbocycles. The van der Waals surface area contributed by atoms with E-state index in [2.05, 4.69) is 20.6 Å². The zero-order valence-electron chi connectivity index (χ0n) is 16.1. The summed E-state index contributed by atoms with van der Waals surface area (Å²) in [5, 5.41) is 6.27. The highest BCUT2D eigenvalue weighted by Crippen LogP contribution is 2.23. The number of aromatic nitrogens is 1. The van der Waals surface area contributed by atoms with Crippen molar-refractivity contribution in [3.63, 3.8) is 0 Å². The number of rotatable bonds is 8. The van der Waals surface area contributed by atoms with Gasteiger partial charge in [0.25, 0.3) is 5.91 Å². The Morgan fingerprint density at radius 2 is 1.93 bits per heavy atom. The Bertz CT molecular complexity index is 706. The summed E-state index contributed by atoms with van der Waals surface area (Å²) in [7, 11) is 0. The van der Waals surface area contributed by atoms with E-state index in [1.54, 1.807) is 23.1 Å². The number of hydrogen-bond acceptors (Lipinski definition) is 5. The Morgan fingerprint density at radius 3 is 2.59 bits per heavy atom. The minimum absolute atomic E-state index is 0.0255. The molecule has 1 saturated heterocycles. The third kappa shape index (κ3) is 6.94. The number of carbonyl (C=O) groups excluding carboxylic acids is 1. The number of aryl methyl sites for hydroxylation is 1. The average molecular weight is 404 g/mol. The van der Waals surface area contributed by atoms with Gasteiger partial charge in [0.2, 0.25) is 0 Å². The van der Waals surface area contributed by atoms with Gasteiger partial charge in [0.15, 0.2) is 0 Å². The lowest BCUT2D eigenvalue weighted by molar-refractivity contribution is 0.0951. The molecule has 1 fully saturated rings. The van der Waals surface area contributed by atoms with Crippen LogP contribution in [-0.2, 0) is 5.75 Å². The zero-order chi connectivity index (χ0) is 18.9. The van der Waals surface area contributed by atoms with Crippen molar-refractivity contribution in [3.8, 4) is 0 Å². The van der Waals surface area contributed by atoms with Crippen molar-refractivity contribution < 1.29 is 4.79 Å². The van der Waals surface area contributed by atoms with E-state index in [0.29, 0.717) is 0 Å². The van der Waals surface area contributed by atoms with E-state index in [9.17, 15) is 4.79 Å². The standard InChI is InChI=1S/C21H29N3OS2/c1-17-23-19(15-26-17)16-27-20-9-7-18(8-10-20)21(25)22-11-6-14-24-12-4-2-3-5-13-24/h7-10,15H,2-6,11-14,16H2,1H3,(H,22,25). The molecule has 27 heavy (non-hydrogen) atoms. The predicted molar refractivity (Wildman–Crippen MR) is 115 cm³/mol. The van der Waals surface area contributed by atoms with Gasteiger partial charge in [0.05, 0.1) is 10.7 Å². The van der Waals surface area contributed by atoms with Crippen molar-refractivity contribution in [2.75, 3.05) is 26.2 Å². The van der Waals surface area contributed by atoms with E-state index >= 15 is 0 Å². The molecule has 4 nitrogen and oxygen atoms in total. The van der Waals surface area contributed by atoms with Gasteiger partial charge in [-0.3, -0.25) is 4.79 Å². The van der Waals surface area contributed by atoms with Crippen LogP contribution in [0.15, 0.2) is 34.5 Å². The largest absolute Gasteiger partial charge is 0.352 e. The van der Waals surface area contributed by atoms with Crippen LogP contribution in [0.25, 0.3) is 0 Å². The van der Waals surface area contributed by atoms with Crippen LogP contribution in [0, 0.1) is 6.92 Å². The van der Waals surface area contributed by atoms with Crippen LogP contribution in [0.2, 0.25) is 0 Å². The number of carbonyl (C=O) groups is 1. The molecule has 146 valence electrons. The van der Waals surface area contributed by atoms with Crippen molar-refractivity contribution in [1.29, 1.82) is 0 Å². The van der Waals surface area contributed by atoms with Gasteiger partial charge in [-0.2, -0.15) is 0 Å². The Kier molecular flexibility index (Phi) is 8.17. The molecule has 2 aromatic rings. The number of benzene rings is 1. The zero-order valence-corrected chi connectivity index (χ0v) is 17.7. The Hall–Kier alpha value is -1.37. The van der Waals surface area contributed by atoms with Gasteiger partial charge in [-0.1, -0.05) is 12.8 Å². The van der Waals surface area contributed by atoms with Gasteiger partial charge in [0.1, 0.15) is 0 Å². The molecular formula is C21H29N3OS2. The van der Waals surface area contributed by atoms with Gasteiger partial charge in [-0.15, -0.1) is 23.1 Å². The molecule has 3 rings (SSSR count). The fourth-order valence-corrected chi connectivity index (χ4v) is 4.81. The van der Waals surface area contributed by atoms with E-state index in [1.807, 2.05) is 31.2 Å². The number of thiazole rings is 1. The highest BCUT2D eigenvalue weighted by atomic mass is 32.2. The van der Waals surface area contributed by atoms with E-state index in [1.165, 1.54) is 43.7 Å². The van der Waals surface area contributed by atoms with Crippen LogP contribution in [-0.4, -0.2) is 42.0 Å². The summed E-state index contributed by atoms with van der Waals surface area (Å²) in [5.74, 6) is 0.893. The molecule has 0 radical (unpaired) electrons. The van der Waals surface area contributed by atoms with E-state index in [0.717, 1.165) is 41.5 Å². The molecule has 0 atom stereocenters. The minimum atomic E-state index is 0.0255. The molecule has 0 saturated carbocycles. The van der Waals surface area contributed by atoms with Crippen LogP contribution < -0.4 is 5.32 Å². The number of hydrogen-bond donors (Lipinski definition) is 1. The number of nitrogens with zero attached hydrogens (tertiary/aromatic N) is 2. The quantitative estimate of drug-likeness (QED) is 0.511. The maximum absolute atomic E-state index is 12.3. The topological polar surface area (TPSA) is 45.2 Å². The first-order valence-corrected chi connectivity index (χ1v) is 11.7. The average Bonchev–Trinajstić information content (AvgIpc) is 2.93. The molecule has 0 bridgehead atoms. The third-order valence-corrected chi connectivity index (χ3v) is 6.67. The molecule has 6 heteroatoms. The van der Waals surface area contributed by atoms with Gasteiger partial charge in [-0.05, 0) is 70.1 Å². The SMILES string of the molecule is Cc1nc(CSc2ccc(C(=O)NCCCN3CCCCCC3)cc2)cs1. The van der Waals surface area contributed by atoms with Crippen LogP contribution in [0.5, 0.6) is 0 Å². The molecule has 1 amide bonds. The Morgan fingerprint density at radius 1 is 1.19 bits per heavy atom. The van der Waals surface area contributed by atoms with Crippen LogP contribution in [0.4, 0.5) is 0 Å². The molecular weight excluding hydrogens is 374 g/mol. The van der Waals surface area contributed by atoms with Crippen LogP contribution >= 0.6 is 23.1 Å². The summed E-state index contributed by atoms with van der Waals surface area (Å²) in [6.45, 7) is 6.29. The highest BCUT2D eigenvalue weighted by molar-refractivity contribution is 7.98. The van der Waals surface area contributed by atoms with E-state index < -0.39 is 0 Å². The van der Waals surface area contributed by atoms with Crippen molar-refractivity contribution in [3.05, 3.63) is 45.9 Å². The van der Waals surface area contributed by atoms with E-state index in [4.69, 9.17) is 0 Å². The first-order chi connectivity index (χ1) is 13.2. The monoisotopic (exact) mass is 403 g/mol. The first-order valence-electron chi connectivity index (χ1n) is 9.85. The van der Waals surface area contributed by atoms with Crippen LogP contribution in [0.3, 0.4) is 0 Å². The lowest BCUT2D eigenvalue weighted by Gasteiger charge is -2.19. The summed E-state index contributed by atoms with van der Waals surface area (Å²) in [6, 6.07) is 7.88. The maximum Gasteiger partial charge on any atom is 0.251 e. The number of likely N-dealkylation sites (tertiary alicyclic amines) is 1. The summed E-state index contributed by atoms with van der Waals surface area (Å²) in [6.07, 6.45) is 6.39. The summed E-state index contributed by atoms with van der Waals surface area (Å²) in [5.41, 5.74) is 1.85. The summed E-state index contributed by atoms with van der Waals surface area (Å²) in [4.78, 5) is 20.5. The number of nitrogens with one attached hydrogen (secondary N) is 1. The Labute approximate surface area is 170 Å². The molecule has 1 aromatic carbocycles. The second-order valence-corrected chi connectivity index (χ2v) is 9.15. The lowest BCUT2D eigenvalue weighted by Crippen LogP contribution is -2.30. The highest BCUT2D eigenvalue weighted by Gasteiger charge is 2.09. The van der Waals surface area contributed by atoms with Crippen molar-refractivity contribution in [2.24, 2.45) is 0 Å². The summed E-state index contributed by atoms with van der Waals surface area (Å²) >= 11 is 3.44. The van der Waals surface area contributed by atoms with Gasteiger partial charge < -0.3 is 10.2 Å². The van der Waals surface area contributed by atoms with E-state index in [-0.39, 0.29) is 5.91 Å². The van der Waals surface area contributed by atoms with Crippen molar-refractivity contribution in [2.45, 2.75) is 49.7 Å². The molecule has 1 aliphatic rings. The molecule has 0 spiro atoms. The molecule has 1 aliphatic heterocycles. The first kappa shape index (κ1) is 20.4. The summed E-state index contributed by atoms with van der Waals surface area (Å²) < 4.78 is 0. The molecule has 2 heterocycles. The molecule has 1 aromatic heterocycles. The molecule has 1 N–H and O–H groups in total. The second kappa shape index (κ2) is 10.8. The lowest BCUT2D eigenvalue weighted by atomic mass is 10.2. The predicted octanol–water partition coefficient (Wildman–Crippen LogP) is 4.74. The Balaban J connectivity index is 1.36. The second-order valence-electron chi connectivity index (χ2n) is 7.04. The number of amides is 1. The van der Waals surface area contributed by atoms with Gasteiger partial charge >= 0.3 is 0 Å². The fourth-order valence-electron chi connectivity index (χ4n) is 3.30. The fraction of sp³-hybridized carbons (Fsp3) is 0.524. The molecule has 0 unspecified atom stereocenters. The van der Waals surface area contributed by atoms with Gasteiger partial charge in [0, 0.05) is 28.1 Å². The third-order valence-electron chi connectivity index (χ3n) is 4.81. The van der Waals surface area contributed by atoms with Crippen molar-refractivity contribution in [1.82, 2.24) is 15.2 Å². The van der Waals surface area contributed by atoms with Crippen LogP contribution in [0.1, 0.15) is 53.2 Å². The van der Waals surface area contributed by atoms with Gasteiger partial charge in [-0.25, -0.2) is 4.98 Å². The normalized spacial score (nSPS) is 15.4. The smallest absolute Gasteiger partial charge is 0.251 e. The maximum atomic E-state index is 12.3. The van der Waals surface area contributed by atoms with Crippen molar-refractivity contribution >= 4 is 29.0 Å². The minimum Gasteiger partial charge on any atom is -0.352 e.